The van der Waals surface area contributed by atoms with Crippen LogP contribution in [0.15, 0.2) is 18.2 Å². The maximum absolute atomic E-state index is 10.7. The maximum Gasteiger partial charge on any atom is 0.320 e. The van der Waals surface area contributed by atoms with Gasteiger partial charge in [-0.05, 0) is 29.7 Å². The average Bonchev–Trinajstić information content (AvgIpc) is 2.31. The predicted octanol–water partition coefficient (Wildman–Crippen LogP) is 0.796. The first-order valence-electron chi connectivity index (χ1n) is 5.21. The zero-order valence-corrected chi connectivity index (χ0v) is 9.97. The summed E-state index contributed by atoms with van der Waals surface area (Å²) >= 11 is 0. The zero-order valence-electron chi connectivity index (χ0n) is 9.97. The molecule has 1 rings (SSSR count). The van der Waals surface area contributed by atoms with E-state index in [0.717, 1.165) is 11.1 Å². The fraction of sp³-hybridized carbons (Fsp3) is 0.417. The Morgan fingerprint density at radius 2 is 2.12 bits per heavy atom. The molecule has 0 heterocycles. The van der Waals surface area contributed by atoms with E-state index in [0.29, 0.717) is 12.4 Å². The Balaban J connectivity index is 2.95. The molecule has 3 N–H and O–H groups in total. The van der Waals surface area contributed by atoms with Gasteiger partial charge in [0.25, 0.3) is 0 Å². The Labute approximate surface area is 100 Å². The second kappa shape index (κ2) is 6.22. The summed E-state index contributed by atoms with van der Waals surface area (Å²) in [5, 5.41) is 8.80. The van der Waals surface area contributed by atoms with Crippen molar-refractivity contribution in [3.05, 3.63) is 29.3 Å². The lowest BCUT2D eigenvalue weighted by atomic mass is 10.0. The first-order chi connectivity index (χ1) is 8.08. The molecule has 0 radical (unpaired) electrons. The molecule has 0 saturated heterocycles. The van der Waals surface area contributed by atoms with Crippen molar-refractivity contribution in [3.63, 3.8) is 0 Å². The molecule has 1 aromatic rings. The molecule has 94 valence electrons. The number of aliphatic carboxylic acids is 1. The molecule has 0 spiro atoms. The van der Waals surface area contributed by atoms with Gasteiger partial charge in [-0.3, -0.25) is 4.79 Å². The van der Waals surface area contributed by atoms with E-state index in [2.05, 4.69) is 0 Å². The molecule has 17 heavy (non-hydrogen) atoms. The van der Waals surface area contributed by atoms with Crippen molar-refractivity contribution >= 4 is 5.97 Å². The molecule has 0 saturated carbocycles. The van der Waals surface area contributed by atoms with Crippen LogP contribution in [0.5, 0.6) is 5.75 Å². The Hall–Kier alpha value is -1.59. The quantitative estimate of drug-likeness (QED) is 0.767. The van der Waals surface area contributed by atoms with Crippen molar-refractivity contribution in [2.45, 2.75) is 19.1 Å². The van der Waals surface area contributed by atoms with Gasteiger partial charge in [0.1, 0.15) is 11.8 Å². The number of hydrogen-bond acceptors (Lipinski definition) is 4. The number of carbonyl (C=O) groups is 1. The fourth-order valence-corrected chi connectivity index (χ4v) is 1.54. The third kappa shape index (κ3) is 3.72. The Morgan fingerprint density at radius 3 is 2.65 bits per heavy atom. The van der Waals surface area contributed by atoms with Crippen molar-refractivity contribution in [3.8, 4) is 5.75 Å². The number of carboxylic acids is 1. The Kier molecular flexibility index (Phi) is 4.93. The SMILES string of the molecule is COCc1ccc(OC)cc1CC(N)C(=O)O. The largest absolute Gasteiger partial charge is 0.497 e. The molecule has 0 amide bonds. The van der Waals surface area contributed by atoms with Gasteiger partial charge in [0, 0.05) is 7.11 Å². The minimum Gasteiger partial charge on any atom is -0.497 e. The van der Waals surface area contributed by atoms with Gasteiger partial charge in [0.2, 0.25) is 0 Å². The number of carboxylic acid groups (broad SMARTS) is 1. The molecule has 1 atom stereocenters. The molecule has 0 aliphatic heterocycles. The minimum absolute atomic E-state index is 0.255. The smallest absolute Gasteiger partial charge is 0.320 e. The zero-order chi connectivity index (χ0) is 12.8. The van der Waals surface area contributed by atoms with E-state index < -0.39 is 12.0 Å². The van der Waals surface area contributed by atoms with Crippen LogP contribution < -0.4 is 10.5 Å². The van der Waals surface area contributed by atoms with Gasteiger partial charge in [0.15, 0.2) is 0 Å². The van der Waals surface area contributed by atoms with Crippen molar-refractivity contribution < 1.29 is 19.4 Å². The molecule has 0 fully saturated rings. The normalized spacial score (nSPS) is 12.2. The van der Waals surface area contributed by atoms with E-state index in [4.69, 9.17) is 20.3 Å². The van der Waals surface area contributed by atoms with Gasteiger partial charge < -0.3 is 20.3 Å². The van der Waals surface area contributed by atoms with Crippen LogP contribution in [-0.4, -0.2) is 31.3 Å². The topological polar surface area (TPSA) is 81.8 Å². The lowest BCUT2D eigenvalue weighted by molar-refractivity contribution is -0.138. The van der Waals surface area contributed by atoms with Crippen LogP contribution >= 0.6 is 0 Å². The lowest BCUT2D eigenvalue weighted by Gasteiger charge is -2.13. The number of benzene rings is 1. The average molecular weight is 239 g/mol. The summed E-state index contributed by atoms with van der Waals surface area (Å²) in [6, 6.07) is 4.53. The number of hydrogen-bond donors (Lipinski definition) is 2. The van der Waals surface area contributed by atoms with Crippen LogP contribution in [0.25, 0.3) is 0 Å². The summed E-state index contributed by atoms with van der Waals surface area (Å²) in [6.07, 6.45) is 0.255. The summed E-state index contributed by atoms with van der Waals surface area (Å²) < 4.78 is 10.2. The van der Waals surface area contributed by atoms with E-state index in [-0.39, 0.29) is 6.42 Å². The third-order valence-electron chi connectivity index (χ3n) is 2.47. The summed E-state index contributed by atoms with van der Waals surface area (Å²) in [7, 11) is 3.15. The molecule has 1 unspecified atom stereocenters. The van der Waals surface area contributed by atoms with Crippen LogP contribution in [-0.2, 0) is 22.6 Å². The molecule has 0 aliphatic carbocycles. The summed E-state index contributed by atoms with van der Waals surface area (Å²) in [4.78, 5) is 10.7. The highest BCUT2D eigenvalue weighted by atomic mass is 16.5. The van der Waals surface area contributed by atoms with E-state index in [1.54, 1.807) is 20.3 Å². The minimum atomic E-state index is -1.02. The van der Waals surface area contributed by atoms with Crippen molar-refractivity contribution in [2.24, 2.45) is 5.73 Å². The van der Waals surface area contributed by atoms with E-state index in [9.17, 15) is 4.79 Å². The fourth-order valence-electron chi connectivity index (χ4n) is 1.54. The number of nitrogens with two attached hydrogens (primary N) is 1. The van der Waals surface area contributed by atoms with Gasteiger partial charge in [0.05, 0.1) is 13.7 Å². The summed E-state index contributed by atoms with van der Waals surface area (Å²) in [5.74, 6) is -0.339. The predicted molar refractivity (Wildman–Crippen MR) is 63.0 cm³/mol. The Morgan fingerprint density at radius 1 is 1.41 bits per heavy atom. The van der Waals surface area contributed by atoms with Gasteiger partial charge in [-0.15, -0.1) is 0 Å². The molecule has 0 aliphatic rings. The second-order valence-corrected chi connectivity index (χ2v) is 3.72. The van der Waals surface area contributed by atoms with Crippen molar-refractivity contribution in [1.82, 2.24) is 0 Å². The van der Waals surface area contributed by atoms with Gasteiger partial charge in [-0.2, -0.15) is 0 Å². The summed E-state index contributed by atoms with van der Waals surface area (Å²) in [6.45, 7) is 0.422. The first kappa shape index (κ1) is 13.5. The molecule has 5 heteroatoms. The third-order valence-corrected chi connectivity index (χ3v) is 2.47. The van der Waals surface area contributed by atoms with Crippen LogP contribution in [0.2, 0.25) is 0 Å². The molecular formula is C12H17NO4. The lowest BCUT2D eigenvalue weighted by Crippen LogP contribution is -2.32. The molecule has 0 aromatic heterocycles. The van der Waals surface area contributed by atoms with Crippen molar-refractivity contribution in [1.29, 1.82) is 0 Å². The van der Waals surface area contributed by atoms with Crippen LogP contribution in [0.4, 0.5) is 0 Å². The van der Waals surface area contributed by atoms with Gasteiger partial charge in [-0.25, -0.2) is 0 Å². The van der Waals surface area contributed by atoms with Crippen molar-refractivity contribution in [2.75, 3.05) is 14.2 Å². The summed E-state index contributed by atoms with van der Waals surface area (Å²) in [5.41, 5.74) is 7.28. The molecule has 1 aromatic carbocycles. The van der Waals surface area contributed by atoms with Crippen LogP contribution in [0, 0.1) is 0 Å². The number of ether oxygens (including phenoxy) is 2. The molecule has 0 bridgehead atoms. The number of rotatable bonds is 6. The second-order valence-electron chi connectivity index (χ2n) is 3.72. The standard InChI is InChI=1S/C12H17NO4/c1-16-7-8-3-4-10(17-2)5-9(8)6-11(13)12(14)15/h3-5,11H,6-7,13H2,1-2H3,(H,14,15). The highest BCUT2D eigenvalue weighted by Crippen LogP contribution is 2.19. The molecule has 5 nitrogen and oxygen atoms in total. The van der Waals surface area contributed by atoms with Gasteiger partial charge >= 0.3 is 5.97 Å². The highest BCUT2D eigenvalue weighted by Gasteiger charge is 2.15. The monoisotopic (exact) mass is 239 g/mol. The first-order valence-corrected chi connectivity index (χ1v) is 5.21. The van der Waals surface area contributed by atoms with E-state index in [1.807, 2.05) is 12.1 Å². The van der Waals surface area contributed by atoms with E-state index >= 15 is 0 Å². The Bertz CT molecular complexity index is 392. The maximum atomic E-state index is 10.7. The molecular weight excluding hydrogens is 222 g/mol. The van der Waals surface area contributed by atoms with Gasteiger partial charge in [-0.1, -0.05) is 6.07 Å². The van der Waals surface area contributed by atoms with E-state index in [1.165, 1.54) is 0 Å². The highest BCUT2D eigenvalue weighted by molar-refractivity contribution is 5.73. The van der Waals surface area contributed by atoms with Crippen LogP contribution in [0.1, 0.15) is 11.1 Å². The van der Waals surface area contributed by atoms with Crippen LogP contribution in [0.3, 0.4) is 0 Å². The number of methoxy groups -OCH3 is 2.